The molecule has 1 aromatic heterocycles. The van der Waals surface area contributed by atoms with Crippen LogP contribution in [0.25, 0.3) is 11.0 Å². The molecule has 1 N–H and O–H groups in total. The Bertz CT molecular complexity index is 502. The molecule has 0 unspecified atom stereocenters. The van der Waals surface area contributed by atoms with E-state index in [1.807, 2.05) is 19.4 Å². The Labute approximate surface area is 100 Å². The van der Waals surface area contributed by atoms with Gasteiger partial charge in [0.1, 0.15) is 0 Å². The van der Waals surface area contributed by atoms with Gasteiger partial charge in [-0.15, -0.1) is 0 Å². The molecule has 1 heterocycles. The summed E-state index contributed by atoms with van der Waals surface area (Å²) in [6, 6.07) is 4.46. The fraction of sp³-hybridized carbons (Fsp3) is 0.417. The van der Waals surface area contributed by atoms with Gasteiger partial charge in [-0.1, -0.05) is 11.6 Å². The van der Waals surface area contributed by atoms with E-state index in [0.29, 0.717) is 6.04 Å². The van der Waals surface area contributed by atoms with Crippen molar-refractivity contribution in [1.29, 1.82) is 0 Å². The molecule has 0 radical (unpaired) electrons. The van der Waals surface area contributed by atoms with Crippen molar-refractivity contribution in [2.45, 2.75) is 26.4 Å². The number of imidazole rings is 1. The van der Waals surface area contributed by atoms with Gasteiger partial charge in [-0.3, -0.25) is 0 Å². The summed E-state index contributed by atoms with van der Waals surface area (Å²) < 4.78 is 2.16. The van der Waals surface area contributed by atoms with Gasteiger partial charge in [-0.2, -0.15) is 0 Å². The van der Waals surface area contributed by atoms with Gasteiger partial charge >= 0.3 is 0 Å². The van der Waals surface area contributed by atoms with Crippen molar-refractivity contribution < 1.29 is 0 Å². The Hall–Kier alpha value is -1.06. The van der Waals surface area contributed by atoms with E-state index in [1.165, 1.54) is 0 Å². The van der Waals surface area contributed by atoms with E-state index in [0.717, 1.165) is 28.2 Å². The van der Waals surface area contributed by atoms with E-state index in [4.69, 9.17) is 11.6 Å². The third-order valence-electron chi connectivity index (χ3n) is 2.67. The molecule has 0 saturated carbocycles. The summed E-state index contributed by atoms with van der Waals surface area (Å²) in [4.78, 5) is 4.36. The highest BCUT2D eigenvalue weighted by Gasteiger charge is 2.09. The quantitative estimate of drug-likeness (QED) is 0.890. The maximum absolute atomic E-state index is 6.18. The van der Waals surface area contributed by atoms with Crippen LogP contribution in [0.15, 0.2) is 18.5 Å². The minimum absolute atomic E-state index is 0.411. The van der Waals surface area contributed by atoms with E-state index in [-0.39, 0.29) is 0 Å². The van der Waals surface area contributed by atoms with Gasteiger partial charge in [-0.05, 0) is 38.6 Å². The minimum atomic E-state index is 0.411. The van der Waals surface area contributed by atoms with Gasteiger partial charge in [0.2, 0.25) is 0 Å². The second-order valence-corrected chi connectivity index (χ2v) is 4.62. The van der Waals surface area contributed by atoms with Crippen molar-refractivity contribution in [3.05, 3.63) is 29.0 Å². The van der Waals surface area contributed by atoms with Gasteiger partial charge in [0.25, 0.3) is 0 Å². The van der Waals surface area contributed by atoms with Gasteiger partial charge in [-0.25, -0.2) is 4.98 Å². The lowest BCUT2D eigenvalue weighted by Gasteiger charge is -2.09. The Morgan fingerprint density at radius 2 is 2.19 bits per heavy atom. The summed E-state index contributed by atoms with van der Waals surface area (Å²) in [7, 11) is 1.92. The maximum Gasteiger partial charge on any atom is 0.0960 e. The van der Waals surface area contributed by atoms with Crippen LogP contribution in [0.1, 0.15) is 25.5 Å². The molecule has 86 valence electrons. The van der Waals surface area contributed by atoms with E-state index in [9.17, 15) is 0 Å². The second-order valence-electron chi connectivity index (χ2n) is 4.21. The zero-order valence-corrected chi connectivity index (χ0v) is 10.5. The van der Waals surface area contributed by atoms with E-state index in [2.05, 4.69) is 34.8 Å². The number of nitrogens with one attached hydrogen (secondary N) is 1. The van der Waals surface area contributed by atoms with Crippen LogP contribution in [-0.4, -0.2) is 16.6 Å². The molecule has 0 aliphatic rings. The van der Waals surface area contributed by atoms with Crippen molar-refractivity contribution in [3.63, 3.8) is 0 Å². The first kappa shape index (κ1) is 11.4. The third-order valence-corrected chi connectivity index (χ3v) is 3.02. The summed E-state index contributed by atoms with van der Waals surface area (Å²) in [5.74, 6) is 0. The molecule has 3 nitrogen and oxygen atoms in total. The first-order chi connectivity index (χ1) is 7.63. The van der Waals surface area contributed by atoms with Crippen LogP contribution in [0.4, 0.5) is 0 Å². The molecule has 0 aliphatic carbocycles. The van der Waals surface area contributed by atoms with Crippen LogP contribution in [0, 0.1) is 0 Å². The number of rotatable bonds is 3. The van der Waals surface area contributed by atoms with Crippen molar-refractivity contribution in [2.24, 2.45) is 0 Å². The molecule has 0 atom stereocenters. The number of hydrogen-bond acceptors (Lipinski definition) is 2. The Kier molecular flexibility index (Phi) is 3.17. The summed E-state index contributed by atoms with van der Waals surface area (Å²) in [6.45, 7) is 5.07. The number of benzene rings is 1. The maximum atomic E-state index is 6.18. The molecule has 0 bridgehead atoms. The lowest BCUT2D eigenvalue weighted by atomic mass is 10.2. The number of aromatic nitrogens is 2. The van der Waals surface area contributed by atoms with Crippen LogP contribution in [0.3, 0.4) is 0 Å². The van der Waals surface area contributed by atoms with E-state index < -0.39 is 0 Å². The highest BCUT2D eigenvalue weighted by atomic mass is 35.5. The van der Waals surface area contributed by atoms with Crippen molar-refractivity contribution in [2.75, 3.05) is 7.05 Å². The van der Waals surface area contributed by atoms with Crippen LogP contribution < -0.4 is 5.32 Å². The van der Waals surface area contributed by atoms with Crippen molar-refractivity contribution >= 4 is 22.6 Å². The number of halogens is 1. The molecular weight excluding hydrogens is 222 g/mol. The van der Waals surface area contributed by atoms with E-state index in [1.54, 1.807) is 0 Å². The first-order valence-corrected chi connectivity index (χ1v) is 5.81. The van der Waals surface area contributed by atoms with Crippen LogP contribution in [0.2, 0.25) is 5.02 Å². The fourth-order valence-electron chi connectivity index (χ4n) is 1.83. The molecule has 4 heteroatoms. The fourth-order valence-corrected chi connectivity index (χ4v) is 2.05. The average molecular weight is 238 g/mol. The molecule has 2 aromatic rings. The zero-order chi connectivity index (χ0) is 11.7. The molecule has 0 fully saturated rings. The van der Waals surface area contributed by atoms with Crippen LogP contribution in [-0.2, 0) is 6.54 Å². The highest BCUT2D eigenvalue weighted by Crippen LogP contribution is 2.25. The summed E-state index contributed by atoms with van der Waals surface area (Å²) in [5, 5.41) is 3.89. The van der Waals surface area contributed by atoms with Crippen molar-refractivity contribution in [3.8, 4) is 0 Å². The van der Waals surface area contributed by atoms with Crippen molar-refractivity contribution in [1.82, 2.24) is 14.9 Å². The molecule has 16 heavy (non-hydrogen) atoms. The lowest BCUT2D eigenvalue weighted by molar-refractivity contribution is 0.617. The summed E-state index contributed by atoms with van der Waals surface area (Å²) >= 11 is 6.18. The molecular formula is C12H16ClN3. The smallest absolute Gasteiger partial charge is 0.0960 e. The second kappa shape index (κ2) is 4.44. The molecule has 0 spiro atoms. The highest BCUT2D eigenvalue weighted by molar-refractivity contribution is 6.32. The molecule has 0 saturated heterocycles. The third kappa shape index (κ3) is 1.93. The first-order valence-electron chi connectivity index (χ1n) is 5.43. The molecule has 2 rings (SSSR count). The summed E-state index contributed by atoms with van der Waals surface area (Å²) in [5.41, 5.74) is 3.21. The van der Waals surface area contributed by atoms with Crippen LogP contribution >= 0.6 is 11.6 Å². The molecule has 1 aromatic carbocycles. The number of nitrogens with zero attached hydrogens (tertiary/aromatic N) is 2. The lowest BCUT2D eigenvalue weighted by Crippen LogP contribution is -2.06. The SMILES string of the molecule is CNCc1cc2c(cc1Cl)ncn2C(C)C. The standard InChI is InChI=1S/C12H16ClN3/c1-8(2)16-7-15-11-5-10(13)9(6-14-3)4-12(11)16/h4-5,7-8,14H,6H2,1-3H3. The Morgan fingerprint density at radius 3 is 2.81 bits per heavy atom. The van der Waals surface area contributed by atoms with E-state index >= 15 is 0 Å². The van der Waals surface area contributed by atoms with Gasteiger partial charge < -0.3 is 9.88 Å². The Morgan fingerprint density at radius 1 is 1.44 bits per heavy atom. The average Bonchev–Trinajstić information content (AvgIpc) is 2.61. The monoisotopic (exact) mass is 237 g/mol. The zero-order valence-electron chi connectivity index (χ0n) is 9.79. The largest absolute Gasteiger partial charge is 0.328 e. The van der Waals surface area contributed by atoms with Gasteiger partial charge in [0, 0.05) is 17.6 Å². The summed E-state index contributed by atoms with van der Waals surface area (Å²) in [6.07, 6.45) is 1.87. The van der Waals surface area contributed by atoms with Gasteiger partial charge in [0.05, 0.1) is 17.4 Å². The topological polar surface area (TPSA) is 29.9 Å². The van der Waals surface area contributed by atoms with Gasteiger partial charge in [0.15, 0.2) is 0 Å². The Balaban J connectivity index is 2.59. The molecule has 0 amide bonds. The number of fused-ring (bicyclic) bond motifs is 1. The minimum Gasteiger partial charge on any atom is -0.328 e. The predicted molar refractivity (Wildman–Crippen MR) is 67.9 cm³/mol. The number of hydrogen-bond donors (Lipinski definition) is 1. The molecule has 0 aliphatic heterocycles. The normalized spacial score (nSPS) is 11.6. The predicted octanol–water partition coefficient (Wildman–Crippen LogP) is 2.99. The van der Waals surface area contributed by atoms with Crippen LogP contribution in [0.5, 0.6) is 0 Å².